The van der Waals surface area contributed by atoms with Crippen molar-refractivity contribution in [2.45, 2.75) is 0 Å². The van der Waals surface area contributed by atoms with Gasteiger partial charge in [-0.25, -0.2) is 0 Å². The first-order chi connectivity index (χ1) is 2.00. The maximum atomic E-state index is 9.85. The molecule has 0 aliphatic heterocycles. The van der Waals surface area contributed by atoms with E-state index < -0.39 is 9.73 Å². The molecule has 2 nitrogen and oxygen atoms in total. The van der Waals surface area contributed by atoms with Crippen LogP contribution in [0.15, 0.2) is 0 Å². The summed E-state index contributed by atoms with van der Waals surface area (Å²) < 4.78 is 16.3. The minimum Gasteiger partial charge on any atom is -0.253 e. The van der Waals surface area contributed by atoms with Crippen LogP contribution >= 0.6 is 0 Å². The molecule has 0 aliphatic rings. The van der Waals surface area contributed by atoms with Gasteiger partial charge in [-0.2, -0.15) is 0 Å². The van der Waals surface area contributed by atoms with Crippen LogP contribution in [0.5, 0.6) is 0 Å². The zero-order valence-corrected chi connectivity index (χ0v) is 8.26. The molecule has 0 aliphatic carbocycles. The number of hydrogen-bond donors (Lipinski definition) is 1. The molecule has 33 valence electrons. The molecule has 6 heavy (non-hydrogen) atoms. The molecule has 0 heterocycles. The molecule has 0 bridgehead atoms. The first-order valence-electron chi connectivity index (χ1n) is 1.19. The number of rotatable bonds is 0. The second-order valence-corrected chi connectivity index (χ2v) is 3.70. The maximum Gasteiger partial charge on any atom is 0.0383 e. The van der Waals surface area contributed by atoms with Crippen molar-refractivity contribution < 1.29 is 4.21 Å². The first kappa shape index (κ1) is 10.5. The average Bonchev–Trinajstić information content (AvgIpc) is 0.722. The van der Waals surface area contributed by atoms with Crippen molar-refractivity contribution in [1.29, 1.82) is 4.78 Å². The topological polar surface area (TPSA) is 40.9 Å². The Morgan fingerprint density at radius 3 is 1.50 bits per heavy atom. The van der Waals surface area contributed by atoms with Crippen LogP contribution in [0.25, 0.3) is 0 Å². The fraction of sp³-hybridized carbons (Fsp3) is 1.00. The summed E-state index contributed by atoms with van der Waals surface area (Å²) in [5.74, 6) is 0. The van der Waals surface area contributed by atoms with Gasteiger partial charge in [0.1, 0.15) is 0 Å². The first-order valence-corrected chi connectivity index (χ1v) is 3.56. The quantitative estimate of drug-likeness (QED) is 0.460. The van der Waals surface area contributed by atoms with Gasteiger partial charge in [0.25, 0.3) is 0 Å². The van der Waals surface area contributed by atoms with Gasteiger partial charge in [0.2, 0.25) is 0 Å². The SMILES string of the molecule is CS(C)(=N)=O.[K]. The van der Waals surface area contributed by atoms with E-state index in [1.54, 1.807) is 0 Å². The molecule has 0 aromatic heterocycles. The predicted molar refractivity (Wildman–Crippen MR) is 28.5 cm³/mol. The summed E-state index contributed by atoms with van der Waals surface area (Å²) in [7, 11) is -2.17. The third-order valence-corrected chi connectivity index (χ3v) is 0. The Kier molecular flexibility index (Phi) is 6.28. The maximum absolute atomic E-state index is 9.85. The van der Waals surface area contributed by atoms with E-state index in [-0.39, 0.29) is 51.4 Å². The van der Waals surface area contributed by atoms with Crippen LogP contribution in [0.2, 0.25) is 0 Å². The van der Waals surface area contributed by atoms with Crippen molar-refractivity contribution in [3.05, 3.63) is 0 Å². The summed E-state index contributed by atoms with van der Waals surface area (Å²) in [6.07, 6.45) is 2.76. The molecular weight excluding hydrogens is 125 g/mol. The summed E-state index contributed by atoms with van der Waals surface area (Å²) in [5, 5.41) is 0. The molecule has 0 atom stereocenters. The summed E-state index contributed by atoms with van der Waals surface area (Å²) in [6, 6.07) is 0. The molecule has 0 amide bonds. The minimum atomic E-state index is -2.17. The standard InChI is InChI=1S/C2H7NOS.K/c1-5(2,3)4;/h3H,1-2H3;. The largest absolute Gasteiger partial charge is 0.253 e. The van der Waals surface area contributed by atoms with Crippen LogP contribution < -0.4 is 0 Å². The van der Waals surface area contributed by atoms with Crippen LogP contribution in [0.4, 0.5) is 0 Å². The molecule has 0 saturated heterocycles. The summed E-state index contributed by atoms with van der Waals surface area (Å²) >= 11 is 0. The van der Waals surface area contributed by atoms with E-state index in [0.29, 0.717) is 0 Å². The van der Waals surface area contributed by atoms with Crippen molar-refractivity contribution in [1.82, 2.24) is 0 Å². The van der Waals surface area contributed by atoms with Gasteiger partial charge in [-0.1, -0.05) is 0 Å². The molecular formula is C2H7KNOS. The average molecular weight is 132 g/mol. The Bertz CT molecular complexity index is 96.7. The fourth-order valence-corrected chi connectivity index (χ4v) is 0. The van der Waals surface area contributed by atoms with Gasteiger partial charge in [-0.15, -0.1) is 0 Å². The van der Waals surface area contributed by atoms with Crippen molar-refractivity contribution in [3.63, 3.8) is 0 Å². The van der Waals surface area contributed by atoms with Gasteiger partial charge in [0, 0.05) is 73.6 Å². The molecule has 1 radical (unpaired) electrons. The molecule has 4 heteroatoms. The van der Waals surface area contributed by atoms with E-state index in [1.165, 1.54) is 12.5 Å². The fourth-order valence-electron chi connectivity index (χ4n) is 0. The Labute approximate surface area is 81.1 Å². The van der Waals surface area contributed by atoms with Crippen LogP contribution in [0.1, 0.15) is 0 Å². The van der Waals surface area contributed by atoms with Crippen LogP contribution in [-0.2, 0) is 9.73 Å². The van der Waals surface area contributed by atoms with E-state index in [1.807, 2.05) is 0 Å². The molecule has 0 aromatic rings. The third-order valence-electron chi connectivity index (χ3n) is 0. The minimum absolute atomic E-state index is 0. The predicted octanol–water partition coefficient (Wildman–Crippen LogP) is -0.0880. The molecule has 0 spiro atoms. The summed E-state index contributed by atoms with van der Waals surface area (Å²) in [5.41, 5.74) is 0. The Hall–Kier alpha value is 1.59. The smallest absolute Gasteiger partial charge is 0.0383 e. The van der Waals surface area contributed by atoms with Gasteiger partial charge in [0.15, 0.2) is 0 Å². The summed E-state index contributed by atoms with van der Waals surface area (Å²) in [4.78, 5) is 0. The molecule has 1 N–H and O–H groups in total. The van der Waals surface area contributed by atoms with Crippen molar-refractivity contribution >= 4 is 61.1 Å². The Morgan fingerprint density at radius 1 is 1.50 bits per heavy atom. The van der Waals surface area contributed by atoms with Crippen molar-refractivity contribution in [3.8, 4) is 0 Å². The normalized spacial score (nSPS) is 9.67. The van der Waals surface area contributed by atoms with Crippen LogP contribution in [-0.4, -0.2) is 68.1 Å². The van der Waals surface area contributed by atoms with E-state index >= 15 is 0 Å². The molecule has 0 rings (SSSR count). The Balaban J connectivity index is 0. The Morgan fingerprint density at radius 2 is 1.50 bits per heavy atom. The molecule has 0 unspecified atom stereocenters. The number of nitrogens with one attached hydrogen (secondary N) is 1. The van der Waals surface area contributed by atoms with Crippen LogP contribution in [0, 0.1) is 4.78 Å². The van der Waals surface area contributed by atoms with E-state index in [9.17, 15) is 4.21 Å². The number of hydrogen-bond acceptors (Lipinski definition) is 2. The second-order valence-electron chi connectivity index (χ2n) is 1.23. The third kappa shape index (κ3) is 46.7. The van der Waals surface area contributed by atoms with Crippen molar-refractivity contribution in [2.24, 2.45) is 0 Å². The van der Waals surface area contributed by atoms with Gasteiger partial charge in [-0.3, -0.25) is 8.99 Å². The van der Waals surface area contributed by atoms with Gasteiger partial charge in [0.05, 0.1) is 0 Å². The van der Waals surface area contributed by atoms with Gasteiger partial charge >= 0.3 is 0 Å². The summed E-state index contributed by atoms with van der Waals surface area (Å²) in [6.45, 7) is 0. The van der Waals surface area contributed by atoms with Gasteiger partial charge in [-0.05, 0) is 0 Å². The van der Waals surface area contributed by atoms with E-state index in [0.717, 1.165) is 0 Å². The van der Waals surface area contributed by atoms with Crippen molar-refractivity contribution in [2.75, 3.05) is 12.5 Å². The zero-order chi connectivity index (χ0) is 4.50. The molecule has 0 aromatic carbocycles. The van der Waals surface area contributed by atoms with Crippen LogP contribution in [0.3, 0.4) is 0 Å². The van der Waals surface area contributed by atoms with Gasteiger partial charge < -0.3 is 0 Å². The zero-order valence-electron chi connectivity index (χ0n) is 4.32. The van der Waals surface area contributed by atoms with E-state index in [4.69, 9.17) is 4.78 Å². The van der Waals surface area contributed by atoms with E-state index in [2.05, 4.69) is 0 Å². The monoisotopic (exact) mass is 132 g/mol. The molecule has 0 saturated carbocycles. The second kappa shape index (κ2) is 3.57. The molecule has 0 fully saturated rings.